The minimum atomic E-state index is -0.356. The number of hydrogen-bond donors (Lipinski definition) is 1. The van der Waals surface area contributed by atoms with Crippen LogP contribution in [0.15, 0.2) is 65.2 Å². The molecule has 3 rings (SSSR count). The molecule has 0 atom stereocenters. The third kappa shape index (κ3) is 4.84. The highest BCUT2D eigenvalue weighted by molar-refractivity contribution is 6.02. The van der Waals surface area contributed by atoms with Crippen LogP contribution in [0, 0.1) is 6.92 Å². The Morgan fingerprint density at radius 2 is 1.72 bits per heavy atom. The van der Waals surface area contributed by atoms with E-state index in [1.165, 1.54) is 0 Å². The van der Waals surface area contributed by atoms with Gasteiger partial charge in [-0.2, -0.15) is 0 Å². The van der Waals surface area contributed by atoms with Gasteiger partial charge in [0.2, 0.25) is 5.76 Å². The molecule has 1 aromatic heterocycles. The van der Waals surface area contributed by atoms with Crippen LogP contribution in [0.4, 0.5) is 5.69 Å². The minimum absolute atomic E-state index is 0.167. The van der Waals surface area contributed by atoms with Crippen LogP contribution >= 0.6 is 0 Å². The molecule has 6 nitrogen and oxygen atoms in total. The SMILES string of the molecule is Cc1cc(C(=O)Nc2cccc(OCCOc3ccccc3)c2)on1. The number of para-hydroxylation sites is 1. The summed E-state index contributed by atoms with van der Waals surface area (Å²) in [4.78, 5) is 12.1. The number of aromatic nitrogens is 1. The molecule has 0 spiro atoms. The standard InChI is InChI=1S/C19H18N2O4/c1-14-12-18(25-21-14)19(22)20-15-6-5-9-17(13-15)24-11-10-23-16-7-3-2-4-8-16/h2-9,12-13H,10-11H2,1H3,(H,20,22). The molecule has 1 heterocycles. The highest BCUT2D eigenvalue weighted by Gasteiger charge is 2.12. The molecule has 1 amide bonds. The second-order valence-corrected chi connectivity index (χ2v) is 5.32. The Balaban J connectivity index is 1.50. The van der Waals surface area contributed by atoms with Crippen molar-refractivity contribution in [3.8, 4) is 11.5 Å². The van der Waals surface area contributed by atoms with Crippen molar-refractivity contribution in [1.29, 1.82) is 0 Å². The number of benzene rings is 2. The Morgan fingerprint density at radius 1 is 1.00 bits per heavy atom. The van der Waals surface area contributed by atoms with Gasteiger partial charge in [-0.05, 0) is 31.2 Å². The maximum Gasteiger partial charge on any atom is 0.294 e. The zero-order valence-electron chi connectivity index (χ0n) is 13.8. The summed E-state index contributed by atoms with van der Waals surface area (Å²) < 4.78 is 16.2. The summed E-state index contributed by atoms with van der Waals surface area (Å²) in [5.41, 5.74) is 1.26. The fraction of sp³-hybridized carbons (Fsp3) is 0.158. The van der Waals surface area contributed by atoms with Crippen LogP contribution < -0.4 is 14.8 Å². The molecule has 25 heavy (non-hydrogen) atoms. The third-order valence-electron chi connectivity index (χ3n) is 3.31. The highest BCUT2D eigenvalue weighted by Crippen LogP contribution is 2.18. The molecule has 128 valence electrons. The lowest BCUT2D eigenvalue weighted by atomic mass is 10.3. The van der Waals surface area contributed by atoms with Crippen molar-refractivity contribution in [3.63, 3.8) is 0 Å². The number of aryl methyl sites for hydroxylation is 1. The van der Waals surface area contributed by atoms with Crippen LogP contribution in [0.3, 0.4) is 0 Å². The molecule has 0 unspecified atom stereocenters. The summed E-state index contributed by atoms with van der Waals surface area (Å²) >= 11 is 0. The summed E-state index contributed by atoms with van der Waals surface area (Å²) in [6, 6.07) is 18.3. The first-order chi connectivity index (χ1) is 12.2. The maximum absolute atomic E-state index is 12.1. The van der Waals surface area contributed by atoms with Gasteiger partial charge < -0.3 is 19.3 Å². The van der Waals surface area contributed by atoms with Crippen LogP contribution in [0.2, 0.25) is 0 Å². The molecular formula is C19H18N2O4. The van der Waals surface area contributed by atoms with Crippen LogP contribution in [-0.4, -0.2) is 24.3 Å². The summed E-state index contributed by atoms with van der Waals surface area (Å²) in [5.74, 6) is 1.25. The Morgan fingerprint density at radius 3 is 2.44 bits per heavy atom. The number of amides is 1. The third-order valence-corrected chi connectivity index (χ3v) is 3.31. The molecule has 0 bridgehead atoms. The van der Waals surface area contributed by atoms with Gasteiger partial charge in [0.1, 0.15) is 24.7 Å². The maximum atomic E-state index is 12.1. The van der Waals surface area contributed by atoms with Crippen molar-refractivity contribution in [2.45, 2.75) is 6.92 Å². The van der Waals surface area contributed by atoms with Crippen LogP contribution in [-0.2, 0) is 0 Å². The average molecular weight is 338 g/mol. The van der Waals surface area contributed by atoms with Crippen molar-refractivity contribution in [1.82, 2.24) is 5.16 Å². The first-order valence-electron chi connectivity index (χ1n) is 7.86. The van der Waals surface area contributed by atoms with E-state index in [4.69, 9.17) is 14.0 Å². The molecule has 6 heteroatoms. The first-order valence-corrected chi connectivity index (χ1v) is 7.86. The van der Waals surface area contributed by atoms with Crippen molar-refractivity contribution in [3.05, 3.63) is 72.1 Å². The topological polar surface area (TPSA) is 73.6 Å². The van der Waals surface area contributed by atoms with E-state index >= 15 is 0 Å². The first kappa shape index (κ1) is 16.6. The number of ether oxygens (including phenoxy) is 2. The molecule has 0 saturated heterocycles. The Bertz CT molecular complexity index is 830. The lowest BCUT2D eigenvalue weighted by Gasteiger charge is -2.09. The minimum Gasteiger partial charge on any atom is -0.490 e. The number of anilines is 1. The fourth-order valence-corrected chi connectivity index (χ4v) is 2.16. The van der Waals surface area contributed by atoms with Crippen molar-refractivity contribution < 1.29 is 18.8 Å². The van der Waals surface area contributed by atoms with Crippen LogP contribution in [0.25, 0.3) is 0 Å². The van der Waals surface area contributed by atoms with Crippen molar-refractivity contribution >= 4 is 11.6 Å². The lowest BCUT2D eigenvalue weighted by molar-refractivity contribution is 0.0988. The Hall–Kier alpha value is -3.28. The number of carbonyl (C=O) groups excluding carboxylic acids is 1. The van der Waals surface area contributed by atoms with Gasteiger partial charge in [0, 0.05) is 17.8 Å². The van der Waals surface area contributed by atoms with Gasteiger partial charge in [-0.1, -0.05) is 29.4 Å². The van der Waals surface area contributed by atoms with E-state index in [0.717, 1.165) is 5.75 Å². The molecule has 1 N–H and O–H groups in total. The highest BCUT2D eigenvalue weighted by atomic mass is 16.5. The molecule has 0 radical (unpaired) electrons. The van der Waals surface area contributed by atoms with Gasteiger partial charge in [0.15, 0.2) is 0 Å². The molecule has 0 saturated carbocycles. The van der Waals surface area contributed by atoms with E-state index < -0.39 is 0 Å². The monoisotopic (exact) mass is 338 g/mol. The molecule has 0 aliphatic carbocycles. The molecule has 0 aliphatic heterocycles. The van der Waals surface area contributed by atoms with E-state index in [1.807, 2.05) is 36.4 Å². The van der Waals surface area contributed by atoms with E-state index in [0.29, 0.717) is 30.3 Å². The van der Waals surface area contributed by atoms with Crippen molar-refractivity contribution in [2.75, 3.05) is 18.5 Å². The van der Waals surface area contributed by atoms with E-state index in [1.54, 1.807) is 31.2 Å². The van der Waals surface area contributed by atoms with Gasteiger partial charge >= 0.3 is 0 Å². The average Bonchev–Trinajstić information content (AvgIpc) is 3.07. The lowest BCUT2D eigenvalue weighted by Crippen LogP contribution is -2.11. The van der Waals surface area contributed by atoms with Gasteiger partial charge in [-0.15, -0.1) is 0 Å². The Labute approximate surface area is 145 Å². The normalized spacial score (nSPS) is 10.3. The van der Waals surface area contributed by atoms with Gasteiger partial charge in [0.25, 0.3) is 5.91 Å². The number of nitrogens with one attached hydrogen (secondary N) is 1. The predicted molar refractivity (Wildman–Crippen MR) is 93.1 cm³/mol. The molecule has 2 aromatic carbocycles. The fourth-order valence-electron chi connectivity index (χ4n) is 2.16. The number of hydrogen-bond acceptors (Lipinski definition) is 5. The summed E-state index contributed by atoms with van der Waals surface area (Å²) in [7, 11) is 0. The molecule has 0 aliphatic rings. The Kier molecular flexibility index (Phi) is 5.31. The van der Waals surface area contributed by atoms with Gasteiger partial charge in [-0.3, -0.25) is 4.79 Å². The molecule has 0 fully saturated rings. The number of nitrogens with zero attached hydrogens (tertiary/aromatic N) is 1. The summed E-state index contributed by atoms with van der Waals surface area (Å²) in [6.45, 7) is 2.58. The van der Waals surface area contributed by atoms with Crippen LogP contribution in [0.1, 0.15) is 16.2 Å². The molecular weight excluding hydrogens is 320 g/mol. The molecule has 3 aromatic rings. The van der Waals surface area contributed by atoms with E-state index in [-0.39, 0.29) is 11.7 Å². The second kappa shape index (κ2) is 8.01. The quantitative estimate of drug-likeness (QED) is 0.665. The number of rotatable bonds is 7. The van der Waals surface area contributed by atoms with Crippen molar-refractivity contribution in [2.24, 2.45) is 0 Å². The smallest absolute Gasteiger partial charge is 0.294 e. The zero-order chi connectivity index (χ0) is 17.5. The second-order valence-electron chi connectivity index (χ2n) is 5.32. The van der Waals surface area contributed by atoms with E-state index in [2.05, 4.69) is 10.5 Å². The van der Waals surface area contributed by atoms with E-state index in [9.17, 15) is 4.79 Å². The largest absolute Gasteiger partial charge is 0.490 e. The van der Waals surface area contributed by atoms with Gasteiger partial charge in [-0.25, -0.2) is 0 Å². The van der Waals surface area contributed by atoms with Gasteiger partial charge in [0.05, 0.1) is 5.69 Å². The summed E-state index contributed by atoms with van der Waals surface area (Å²) in [5, 5.41) is 6.44. The zero-order valence-corrected chi connectivity index (χ0v) is 13.8. The van der Waals surface area contributed by atoms with Crippen LogP contribution in [0.5, 0.6) is 11.5 Å². The summed E-state index contributed by atoms with van der Waals surface area (Å²) in [6.07, 6.45) is 0. The predicted octanol–water partition coefficient (Wildman–Crippen LogP) is 3.69. The number of carbonyl (C=O) groups is 1.